The summed E-state index contributed by atoms with van der Waals surface area (Å²) in [4.78, 5) is 11.6. The molecule has 0 radical (unpaired) electrons. The summed E-state index contributed by atoms with van der Waals surface area (Å²) in [6, 6.07) is 10.3. The van der Waals surface area contributed by atoms with Crippen LogP contribution in [0.1, 0.15) is 19.4 Å². The summed E-state index contributed by atoms with van der Waals surface area (Å²) in [6.45, 7) is 6.70. The Balaban J connectivity index is 1.99. The molecule has 0 aliphatic heterocycles. The molecule has 1 N–H and O–H groups in total. The molecular weight excluding hydrogens is 415 g/mol. The van der Waals surface area contributed by atoms with Crippen molar-refractivity contribution in [3.8, 4) is 0 Å². The number of alkyl halides is 1. The molecule has 0 spiro atoms. The van der Waals surface area contributed by atoms with Gasteiger partial charge in [-0.2, -0.15) is 15.1 Å². The van der Waals surface area contributed by atoms with E-state index in [1.54, 1.807) is 0 Å². The molecule has 0 saturated heterocycles. The zero-order valence-electron chi connectivity index (χ0n) is 13.9. The molecule has 2 heterocycles. The van der Waals surface area contributed by atoms with E-state index in [1.807, 2.05) is 29.1 Å². The van der Waals surface area contributed by atoms with Crippen molar-refractivity contribution in [1.82, 2.24) is 19.7 Å². The number of benzene rings is 1. The van der Waals surface area contributed by atoms with Crippen molar-refractivity contribution in [2.45, 2.75) is 24.9 Å². The van der Waals surface area contributed by atoms with Crippen molar-refractivity contribution in [3.05, 3.63) is 42.1 Å². The zero-order valence-corrected chi connectivity index (χ0v) is 16.1. The molecule has 0 saturated carbocycles. The van der Waals surface area contributed by atoms with E-state index in [-0.39, 0.29) is 0 Å². The van der Waals surface area contributed by atoms with Crippen molar-refractivity contribution >= 4 is 45.4 Å². The van der Waals surface area contributed by atoms with Gasteiger partial charge in [-0.15, -0.1) is 0 Å². The smallest absolute Gasteiger partial charge is 0.229 e. The van der Waals surface area contributed by atoms with Crippen LogP contribution in [0.4, 0.5) is 11.8 Å². The van der Waals surface area contributed by atoms with Gasteiger partial charge in [0.25, 0.3) is 0 Å². The lowest BCUT2D eigenvalue weighted by molar-refractivity contribution is 0.776. The third-order valence-corrected chi connectivity index (χ3v) is 4.59. The molecule has 0 fully saturated rings. The van der Waals surface area contributed by atoms with Crippen LogP contribution >= 0.6 is 22.6 Å². The lowest BCUT2D eigenvalue weighted by atomic mass is 10.2. The van der Waals surface area contributed by atoms with E-state index < -0.39 is 0 Å². The van der Waals surface area contributed by atoms with Gasteiger partial charge in [-0.1, -0.05) is 52.9 Å². The Bertz CT molecular complexity index is 797. The molecule has 3 rings (SSSR count). The fourth-order valence-electron chi connectivity index (χ4n) is 2.60. The van der Waals surface area contributed by atoms with E-state index in [4.69, 9.17) is 9.97 Å². The van der Waals surface area contributed by atoms with Crippen LogP contribution in [0.5, 0.6) is 0 Å². The SMILES string of the molecule is CCN(CC)c1nc(NCc2ccccc2)c2cnn(CI)c2n1. The van der Waals surface area contributed by atoms with Crippen molar-refractivity contribution < 1.29 is 0 Å². The van der Waals surface area contributed by atoms with Crippen LogP contribution in [0.25, 0.3) is 11.0 Å². The largest absolute Gasteiger partial charge is 0.365 e. The van der Waals surface area contributed by atoms with Gasteiger partial charge in [0.05, 0.1) is 16.1 Å². The normalized spacial score (nSPS) is 11.0. The number of halogens is 1. The number of anilines is 2. The standard InChI is InChI=1S/C17H21IN6/c1-3-23(4-2)17-21-15(19-10-13-8-6-5-7-9-13)14-11-20-24(12-18)16(14)22-17/h5-9,11H,3-4,10,12H2,1-2H3,(H,19,21,22). The third-order valence-electron chi connectivity index (χ3n) is 3.95. The molecule has 7 heteroatoms. The summed E-state index contributed by atoms with van der Waals surface area (Å²) < 4.78 is 2.66. The zero-order chi connectivity index (χ0) is 16.9. The molecule has 0 unspecified atom stereocenters. The topological polar surface area (TPSA) is 58.9 Å². The fourth-order valence-corrected chi connectivity index (χ4v) is 3.09. The predicted molar refractivity (Wildman–Crippen MR) is 107 cm³/mol. The van der Waals surface area contributed by atoms with E-state index in [0.717, 1.165) is 47.0 Å². The van der Waals surface area contributed by atoms with Crippen molar-refractivity contribution in [1.29, 1.82) is 0 Å². The van der Waals surface area contributed by atoms with Gasteiger partial charge >= 0.3 is 0 Å². The number of nitrogens with zero attached hydrogens (tertiary/aromatic N) is 5. The Morgan fingerprint density at radius 1 is 1.12 bits per heavy atom. The molecule has 126 valence electrons. The van der Waals surface area contributed by atoms with E-state index in [9.17, 15) is 0 Å². The first-order valence-electron chi connectivity index (χ1n) is 8.09. The Kier molecular flexibility index (Phi) is 5.49. The lowest BCUT2D eigenvalue weighted by Gasteiger charge is -2.19. The summed E-state index contributed by atoms with van der Waals surface area (Å²) in [7, 11) is 0. The Labute approximate surface area is 155 Å². The highest BCUT2D eigenvalue weighted by molar-refractivity contribution is 14.1. The molecule has 2 aromatic heterocycles. The number of fused-ring (bicyclic) bond motifs is 1. The van der Waals surface area contributed by atoms with Gasteiger partial charge in [-0.3, -0.25) is 0 Å². The van der Waals surface area contributed by atoms with Crippen LogP contribution in [0.2, 0.25) is 0 Å². The summed E-state index contributed by atoms with van der Waals surface area (Å²) >= 11 is 2.29. The molecule has 3 aromatic rings. The van der Waals surface area contributed by atoms with Gasteiger partial charge in [0.2, 0.25) is 5.95 Å². The molecule has 0 aliphatic rings. The van der Waals surface area contributed by atoms with E-state index in [0.29, 0.717) is 0 Å². The minimum Gasteiger partial charge on any atom is -0.365 e. The molecule has 0 aliphatic carbocycles. The maximum atomic E-state index is 4.75. The first kappa shape index (κ1) is 16.9. The fraction of sp³-hybridized carbons (Fsp3) is 0.353. The number of hydrogen-bond acceptors (Lipinski definition) is 5. The van der Waals surface area contributed by atoms with Crippen molar-refractivity contribution in [3.63, 3.8) is 0 Å². The maximum absolute atomic E-state index is 4.75. The monoisotopic (exact) mass is 436 g/mol. The highest BCUT2D eigenvalue weighted by Crippen LogP contribution is 2.24. The molecule has 1 aromatic carbocycles. The van der Waals surface area contributed by atoms with Crippen molar-refractivity contribution in [2.24, 2.45) is 0 Å². The second-order valence-electron chi connectivity index (χ2n) is 5.38. The molecule has 0 bridgehead atoms. The molecular formula is C17H21IN6. The van der Waals surface area contributed by atoms with E-state index in [1.165, 1.54) is 5.56 Å². The minimum absolute atomic E-state index is 0.722. The lowest BCUT2D eigenvalue weighted by Crippen LogP contribution is -2.24. The number of rotatable bonds is 7. The summed E-state index contributed by atoms with van der Waals surface area (Å²) in [5.41, 5.74) is 2.09. The average molecular weight is 436 g/mol. The van der Waals surface area contributed by atoms with Gasteiger partial charge in [0, 0.05) is 19.6 Å². The summed E-state index contributed by atoms with van der Waals surface area (Å²) in [5.74, 6) is 1.58. The van der Waals surface area contributed by atoms with Crippen LogP contribution in [0, 0.1) is 0 Å². The van der Waals surface area contributed by atoms with Crippen molar-refractivity contribution in [2.75, 3.05) is 23.3 Å². The van der Waals surface area contributed by atoms with Gasteiger partial charge in [0.1, 0.15) is 5.82 Å². The van der Waals surface area contributed by atoms with Gasteiger partial charge in [0.15, 0.2) is 5.65 Å². The van der Waals surface area contributed by atoms with Crippen LogP contribution in [0.15, 0.2) is 36.5 Å². The molecule has 0 amide bonds. The number of hydrogen-bond donors (Lipinski definition) is 1. The molecule has 0 atom stereocenters. The average Bonchev–Trinajstić information content (AvgIpc) is 3.05. The number of nitrogens with one attached hydrogen (secondary N) is 1. The highest BCUT2D eigenvalue weighted by atomic mass is 127. The van der Waals surface area contributed by atoms with E-state index >= 15 is 0 Å². The van der Waals surface area contributed by atoms with Crippen LogP contribution in [0.3, 0.4) is 0 Å². The Morgan fingerprint density at radius 2 is 1.88 bits per heavy atom. The quantitative estimate of drug-likeness (QED) is 0.453. The Hall–Kier alpha value is -1.90. The van der Waals surface area contributed by atoms with Gasteiger partial charge < -0.3 is 10.2 Å². The van der Waals surface area contributed by atoms with Crippen LogP contribution in [-0.2, 0) is 11.1 Å². The van der Waals surface area contributed by atoms with Gasteiger partial charge in [-0.05, 0) is 19.4 Å². The maximum Gasteiger partial charge on any atom is 0.229 e. The summed E-state index contributed by atoms with van der Waals surface area (Å²) in [6.07, 6.45) is 1.84. The Morgan fingerprint density at radius 3 is 2.54 bits per heavy atom. The highest BCUT2D eigenvalue weighted by Gasteiger charge is 2.15. The third kappa shape index (κ3) is 3.45. The second-order valence-corrected chi connectivity index (χ2v) is 6.07. The minimum atomic E-state index is 0.722. The molecule has 6 nitrogen and oxygen atoms in total. The first-order valence-corrected chi connectivity index (χ1v) is 9.61. The number of aromatic nitrogens is 4. The second kappa shape index (κ2) is 7.78. The van der Waals surface area contributed by atoms with Crippen LogP contribution < -0.4 is 10.2 Å². The first-order chi connectivity index (χ1) is 11.8. The predicted octanol–water partition coefficient (Wildman–Crippen LogP) is 3.68. The van der Waals surface area contributed by atoms with Gasteiger partial charge in [-0.25, -0.2) is 4.68 Å². The van der Waals surface area contributed by atoms with Crippen LogP contribution in [-0.4, -0.2) is 32.8 Å². The summed E-state index contributed by atoms with van der Waals surface area (Å²) in [5, 5.41) is 8.84. The van der Waals surface area contributed by atoms with E-state index in [2.05, 4.69) is 63.9 Å². The molecule has 24 heavy (non-hydrogen) atoms.